The number of nitrogens with zero attached hydrogens (tertiary/aromatic N) is 3. The van der Waals surface area contributed by atoms with Crippen LogP contribution in [0.3, 0.4) is 0 Å². The Kier molecular flexibility index (Phi) is 7.23. The van der Waals surface area contributed by atoms with Crippen LogP contribution in [0.25, 0.3) is 78.1 Å². The average Bonchev–Trinajstić information content (AvgIpc) is 3.46. The monoisotopic (exact) mass is 679 g/mol. The first-order chi connectivity index (χ1) is 26.0. The summed E-state index contributed by atoms with van der Waals surface area (Å²) >= 11 is 0. The minimum Gasteiger partial charge on any atom is -0.278 e. The van der Waals surface area contributed by atoms with E-state index >= 15 is 0 Å². The SMILES string of the molecule is CC1(C)c2ccccc2-c2cc3c4ccccc4n(-c4nc(-c5cccc(C6=CCC=CC=C6)c5)cc(-c5cccc(-c6ccccc6)c5)n4)c3cc21. The van der Waals surface area contributed by atoms with Crippen LogP contribution in [0.4, 0.5) is 0 Å². The van der Waals surface area contributed by atoms with Gasteiger partial charge < -0.3 is 0 Å². The van der Waals surface area contributed by atoms with E-state index in [2.05, 4.69) is 194 Å². The van der Waals surface area contributed by atoms with Crippen LogP contribution >= 0.6 is 0 Å². The fourth-order valence-corrected chi connectivity index (χ4v) is 8.35. The van der Waals surface area contributed by atoms with Gasteiger partial charge in [-0.1, -0.05) is 153 Å². The highest BCUT2D eigenvalue weighted by Gasteiger charge is 2.36. The maximum absolute atomic E-state index is 5.43. The van der Waals surface area contributed by atoms with Gasteiger partial charge in [0.2, 0.25) is 5.95 Å². The summed E-state index contributed by atoms with van der Waals surface area (Å²) in [5.41, 5.74) is 16.0. The third kappa shape index (κ3) is 5.19. The minimum absolute atomic E-state index is 0.135. The molecule has 0 spiro atoms. The molecule has 0 amide bonds. The summed E-state index contributed by atoms with van der Waals surface area (Å²) in [6.45, 7) is 4.68. The van der Waals surface area contributed by atoms with E-state index < -0.39 is 0 Å². The van der Waals surface area contributed by atoms with Crippen molar-refractivity contribution in [2.75, 3.05) is 0 Å². The van der Waals surface area contributed by atoms with Gasteiger partial charge in [0.25, 0.3) is 0 Å². The second-order valence-corrected chi connectivity index (χ2v) is 14.6. The van der Waals surface area contributed by atoms with E-state index in [0.717, 1.165) is 45.5 Å². The molecule has 6 aromatic carbocycles. The Morgan fingerprint density at radius 3 is 2.02 bits per heavy atom. The molecule has 0 unspecified atom stereocenters. The maximum atomic E-state index is 5.43. The molecule has 8 aromatic rings. The summed E-state index contributed by atoms with van der Waals surface area (Å²) < 4.78 is 2.28. The molecule has 0 radical (unpaired) electrons. The number of hydrogen-bond acceptors (Lipinski definition) is 2. The lowest BCUT2D eigenvalue weighted by molar-refractivity contribution is 0.661. The topological polar surface area (TPSA) is 30.7 Å². The summed E-state index contributed by atoms with van der Waals surface area (Å²) in [7, 11) is 0. The largest absolute Gasteiger partial charge is 0.278 e. The van der Waals surface area contributed by atoms with Crippen LogP contribution in [0.2, 0.25) is 0 Å². The third-order valence-corrected chi connectivity index (χ3v) is 11.0. The second-order valence-electron chi connectivity index (χ2n) is 14.6. The zero-order valence-electron chi connectivity index (χ0n) is 29.8. The van der Waals surface area contributed by atoms with Gasteiger partial charge in [0.1, 0.15) is 0 Å². The highest BCUT2D eigenvalue weighted by molar-refractivity contribution is 6.11. The maximum Gasteiger partial charge on any atom is 0.235 e. The minimum atomic E-state index is -0.135. The normalized spacial score (nSPS) is 14.3. The van der Waals surface area contributed by atoms with Crippen molar-refractivity contribution in [3.63, 3.8) is 0 Å². The first kappa shape index (κ1) is 31.2. The predicted molar refractivity (Wildman–Crippen MR) is 221 cm³/mol. The molecule has 2 aromatic heterocycles. The first-order valence-electron chi connectivity index (χ1n) is 18.4. The van der Waals surface area contributed by atoms with Crippen molar-refractivity contribution in [1.29, 1.82) is 0 Å². The zero-order chi connectivity index (χ0) is 35.5. The molecular formula is C50H37N3. The van der Waals surface area contributed by atoms with E-state index in [9.17, 15) is 0 Å². The molecule has 2 heterocycles. The molecule has 0 bridgehead atoms. The summed E-state index contributed by atoms with van der Waals surface area (Å²) in [6.07, 6.45) is 11.8. The molecule has 3 heteroatoms. The molecule has 0 saturated heterocycles. The standard InChI is InChI=1S/C50H37N3/c1-50(2)43-26-12-10-24-39(43)41-30-42-40-25-11-13-27-47(40)53(48(42)31-44(41)50)49-51-45(37-22-14-20-35(28-37)33-16-6-3-4-7-17-33)32-46(52-49)38-23-15-21-36(29-38)34-18-8-5-9-19-34/h3-6,8-32H,7H2,1-2H3. The third-order valence-electron chi connectivity index (χ3n) is 11.0. The van der Waals surface area contributed by atoms with Gasteiger partial charge in [-0.05, 0) is 87.3 Å². The lowest BCUT2D eigenvalue weighted by Gasteiger charge is -2.21. The number of para-hydroxylation sites is 1. The van der Waals surface area contributed by atoms with Gasteiger partial charge in [-0.15, -0.1) is 0 Å². The molecule has 2 aliphatic carbocycles. The molecule has 0 saturated carbocycles. The smallest absolute Gasteiger partial charge is 0.235 e. The Balaban J connectivity index is 1.22. The van der Waals surface area contributed by atoms with Crippen molar-refractivity contribution in [2.24, 2.45) is 0 Å². The number of fused-ring (bicyclic) bond motifs is 6. The molecule has 0 aliphatic heterocycles. The number of benzene rings is 6. The number of aromatic nitrogens is 3. The second kappa shape index (κ2) is 12.3. The van der Waals surface area contributed by atoms with Crippen molar-refractivity contribution >= 4 is 27.4 Å². The van der Waals surface area contributed by atoms with Crippen LogP contribution < -0.4 is 0 Å². The van der Waals surface area contributed by atoms with E-state index in [1.165, 1.54) is 49.7 Å². The van der Waals surface area contributed by atoms with Crippen molar-refractivity contribution in [2.45, 2.75) is 25.7 Å². The molecule has 0 N–H and O–H groups in total. The van der Waals surface area contributed by atoms with Crippen LogP contribution in [-0.4, -0.2) is 14.5 Å². The number of hydrogen-bond donors (Lipinski definition) is 0. The van der Waals surface area contributed by atoms with Gasteiger partial charge in [-0.2, -0.15) is 0 Å². The quantitative estimate of drug-likeness (QED) is 0.181. The predicted octanol–water partition coefficient (Wildman–Crippen LogP) is 12.8. The van der Waals surface area contributed by atoms with Crippen LogP contribution in [0.15, 0.2) is 176 Å². The summed E-state index contributed by atoms with van der Waals surface area (Å²) in [5, 5.41) is 2.40. The Morgan fingerprint density at radius 1 is 0.509 bits per heavy atom. The van der Waals surface area contributed by atoms with Gasteiger partial charge >= 0.3 is 0 Å². The van der Waals surface area contributed by atoms with Crippen molar-refractivity contribution in [3.05, 3.63) is 193 Å². The van der Waals surface area contributed by atoms with Gasteiger partial charge in [0.05, 0.1) is 22.4 Å². The molecule has 53 heavy (non-hydrogen) atoms. The summed E-state index contributed by atoms with van der Waals surface area (Å²) in [5.74, 6) is 0.658. The van der Waals surface area contributed by atoms with Gasteiger partial charge in [-0.3, -0.25) is 4.57 Å². The Bertz CT molecular complexity index is 2830. The highest BCUT2D eigenvalue weighted by Crippen LogP contribution is 2.51. The van der Waals surface area contributed by atoms with Gasteiger partial charge in [0.15, 0.2) is 0 Å². The van der Waals surface area contributed by atoms with E-state index in [0.29, 0.717) is 5.95 Å². The van der Waals surface area contributed by atoms with E-state index in [1.54, 1.807) is 0 Å². The van der Waals surface area contributed by atoms with Crippen LogP contribution in [-0.2, 0) is 5.41 Å². The molecule has 10 rings (SSSR count). The van der Waals surface area contributed by atoms with Crippen LogP contribution in [0, 0.1) is 0 Å². The molecule has 2 aliphatic rings. The van der Waals surface area contributed by atoms with E-state index in [1.807, 2.05) is 0 Å². The Labute approximate surface area is 310 Å². The molecule has 252 valence electrons. The lowest BCUT2D eigenvalue weighted by Crippen LogP contribution is -2.15. The molecule has 3 nitrogen and oxygen atoms in total. The molecule has 0 atom stereocenters. The fourth-order valence-electron chi connectivity index (χ4n) is 8.35. The van der Waals surface area contributed by atoms with Gasteiger partial charge in [-0.25, -0.2) is 9.97 Å². The summed E-state index contributed by atoms with van der Waals surface area (Å²) in [4.78, 5) is 10.9. The Morgan fingerprint density at radius 2 is 1.19 bits per heavy atom. The van der Waals surface area contributed by atoms with Gasteiger partial charge in [0, 0.05) is 27.3 Å². The van der Waals surface area contributed by atoms with Crippen LogP contribution in [0.1, 0.15) is 37.0 Å². The zero-order valence-corrected chi connectivity index (χ0v) is 29.8. The fraction of sp³-hybridized carbons (Fsp3) is 0.0800. The van der Waals surface area contributed by atoms with Crippen molar-refractivity contribution in [3.8, 4) is 50.7 Å². The average molecular weight is 680 g/mol. The lowest BCUT2D eigenvalue weighted by atomic mass is 9.82. The highest BCUT2D eigenvalue weighted by atomic mass is 15.2. The van der Waals surface area contributed by atoms with E-state index in [-0.39, 0.29) is 5.41 Å². The molecule has 0 fully saturated rings. The number of rotatable bonds is 5. The van der Waals surface area contributed by atoms with Crippen molar-refractivity contribution in [1.82, 2.24) is 14.5 Å². The Hall–Kier alpha value is -6.58. The van der Waals surface area contributed by atoms with Crippen LogP contribution in [0.5, 0.6) is 0 Å². The van der Waals surface area contributed by atoms with Crippen molar-refractivity contribution < 1.29 is 0 Å². The van der Waals surface area contributed by atoms with E-state index in [4.69, 9.17) is 9.97 Å². The first-order valence-corrected chi connectivity index (χ1v) is 18.4. The number of allylic oxidation sites excluding steroid dienone is 6. The summed E-state index contributed by atoms with van der Waals surface area (Å²) in [6, 6.07) is 52.5. The molecular weight excluding hydrogens is 643 g/mol.